The molecule has 0 aromatic carbocycles. The Morgan fingerprint density at radius 2 is 2.00 bits per heavy atom. The van der Waals surface area contributed by atoms with E-state index in [1.54, 1.807) is 0 Å². The molecule has 0 atom stereocenters. The van der Waals surface area contributed by atoms with Crippen molar-refractivity contribution in [3.63, 3.8) is 0 Å². The molecule has 0 unspecified atom stereocenters. The minimum absolute atomic E-state index is 0.690. The maximum absolute atomic E-state index is 5.74. The number of piperidine rings is 1. The number of nitrogens with one attached hydrogen (secondary N) is 1. The van der Waals surface area contributed by atoms with Crippen molar-refractivity contribution in [2.24, 2.45) is 11.7 Å². The number of rotatable bonds is 8. The number of hydrogen-bond donors (Lipinski definition) is 2. The van der Waals surface area contributed by atoms with Crippen molar-refractivity contribution in [2.75, 3.05) is 53.5 Å². The molecule has 0 aromatic heterocycles. The van der Waals surface area contributed by atoms with E-state index >= 15 is 0 Å². The van der Waals surface area contributed by atoms with Gasteiger partial charge >= 0.3 is 0 Å². The number of nitrogens with zero attached hydrogens (tertiary/aromatic N) is 2. The predicted octanol–water partition coefficient (Wildman–Crippen LogP) is 0.546. The summed E-state index contributed by atoms with van der Waals surface area (Å²) in [6.07, 6.45) is 5.45. The molecular formula is C13H30N4. The van der Waals surface area contributed by atoms with E-state index in [1.807, 2.05) is 7.05 Å². The van der Waals surface area contributed by atoms with E-state index in [9.17, 15) is 0 Å². The highest BCUT2D eigenvalue weighted by molar-refractivity contribution is 4.70. The van der Waals surface area contributed by atoms with Gasteiger partial charge in [-0.25, -0.2) is 0 Å². The van der Waals surface area contributed by atoms with E-state index < -0.39 is 0 Å². The van der Waals surface area contributed by atoms with Crippen molar-refractivity contribution in [2.45, 2.75) is 25.7 Å². The smallest absolute Gasteiger partial charge is 0.0455 e. The first-order valence-electron chi connectivity index (χ1n) is 7.01. The van der Waals surface area contributed by atoms with Gasteiger partial charge < -0.3 is 16.0 Å². The van der Waals surface area contributed by atoms with Crippen molar-refractivity contribution in [3.8, 4) is 0 Å². The van der Waals surface area contributed by atoms with Gasteiger partial charge in [0.1, 0.15) is 0 Å². The lowest BCUT2D eigenvalue weighted by molar-refractivity contribution is 0.200. The van der Waals surface area contributed by atoms with E-state index in [2.05, 4.69) is 22.2 Å². The molecule has 102 valence electrons. The lowest BCUT2D eigenvalue weighted by Gasteiger charge is -2.29. The lowest BCUT2D eigenvalue weighted by Crippen LogP contribution is -2.36. The van der Waals surface area contributed by atoms with Crippen LogP contribution in [0.2, 0.25) is 0 Å². The molecule has 3 N–H and O–H groups in total. The van der Waals surface area contributed by atoms with Gasteiger partial charge in [-0.3, -0.25) is 4.90 Å². The quantitative estimate of drug-likeness (QED) is 0.610. The van der Waals surface area contributed by atoms with E-state index in [-0.39, 0.29) is 0 Å². The molecule has 0 bridgehead atoms. The van der Waals surface area contributed by atoms with E-state index in [0.717, 1.165) is 25.6 Å². The average Bonchev–Trinajstić information content (AvgIpc) is 2.36. The first-order chi connectivity index (χ1) is 8.26. The third kappa shape index (κ3) is 6.36. The summed E-state index contributed by atoms with van der Waals surface area (Å²) in [7, 11) is 4.22. The van der Waals surface area contributed by atoms with Gasteiger partial charge in [0.2, 0.25) is 0 Å². The second-order valence-corrected chi connectivity index (χ2v) is 5.29. The molecule has 1 fully saturated rings. The Bertz CT molecular complexity index is 174. The van der Waals surface area contributed by atoms with Crippen LogP contribution < -0.4 is 11.1 Å². The van der Waals surface area contributed by atoms with Gasteiger partial charge in [0, 0.05) is 19.8 Å². The molecule has 4 heteroatoms. The summed E-state index contributed by atoms with van der Waals surface area (Å²) in [5, 5.41) is 3.17. The first-order valence-corrected chi connectivity index (χ1v) is 7.01. The number of likely N-dealkylation sites (N-methyl/N-ethyl adjacent to an activating group) is 1. The van der Waals surface area contributed by atoms with Gasteiger partial charge in [0.15, 0.2) is 0 Å². The second kappa shape index (κ2) is 8.86. The molecule has 1 heterocycles. The molecule has 17 heavy (non-hydrogen) atoms. The topological polar surface area (TPSA) is 44.5 Å². The zero-order valence-corrected chi connectivity index (χ0v) is 11.6. The first kappa shape index (κ1) is 14.9. The third-order valence-corrected chi connectivity index (χ3v) is 3.86. The molecule has 4 nitrogen and oxygen atoms in total. The average molecular weight is 242 g/mol. The van der Waals surface area contributed by atoms with Gasteiger partial charge in [-0.2, -0.15) is 0 Å². The zero-order chi connectivity index (χ0) is 12.5. The fourth-order valence-electron chi connectivity index (χ4n) is 2.52. The summed E-state index contributed by atoms with van der Waals surface area (Å²) in [6.45, 7) is 6.52. The summed E-state index contributed by atoms with van der Waals surface area (Å²) in [6, 6.07) is 0. The van der Waals surface area contributed by atoms with Crippen molar-refractivity contribution in [1.29, 1.82) is 0 Å². The van der Waals surface area contributed by atoms with Crippen molar-refractivity contribution < 1.29 is 0 Å². The van der Waals surface area contributed by atoms with Crippen LogP contribution in [0.4, 0.5) is 0 Å². The fraction of sp³-hybridized carbons (Fsp3) is 1.00. The second-order valence-electron chi connectivity index (χ2n) is 5.29. The van der Waals surface area contributed by atoms with Gasteiger partial charge in [-0.1, -0.05) is 0 Å². The van der Waals surface area contributed by atoms with Gasteiger partial charge in [-0.05, 0) is 65.3 Å². The van der Waals surface area contributed by atoms with Crippen LogP contribution in [0.1, 0.15) is 25.7 Å². The van der Waals surface area contributed by atoms with Crippen molar-refractivity contribution in [3.05, 3.63) is 0 Å². The minimum atomic E-state index is 0.690. The Morgan fingerprint density at radius 3 is 2.59 bits per heavy atom. The maximum Gasteiger partial charge on any atom is 0.0455 e. The largest absolute Gasteiger partial charge is 0.318 e. The fourth-order valence-corrected chi connectivity index (χ4v) is 2.52. The normalized spacial score (nSPS) is 19.1. The van der Waals surface area contributed by atoms with Crippen LogP contribution in [0.15, 0.2) is 0 Å². The highest BCUT2D eigenvalue weighted by Gasteiger charge is 2.16. The Hall–Kier alpha value is -0.160. The van der Waals surface area contributed by atoms with Crippen LogP contribution in [-0.2, 0) is 0 Å². The molecule has 0 spiro atoms. The number of nitrogens with two attached hydrogens (primary N) is 1. The van der Waals surface area contributed by atoms with Crippen LogP contribution in [0.3, 0.4) is 0 Å². The van der Waals surface area contributed by atoms with Crippen LogP contribution in [0.25, 0.3) is 0 Å². The molecule has 0 aromatic rings. The van der Waals surface area contributed by atoms with Crippen molar-refractivity contribution in [1.82, 2.24) is 15.1 Å². The Morgan fingerprint density at radius 1 is 1.29 bits per heavy atom. The monoisotopic (exact) mass is 242 g/mol. The Labute approximate surface area is 107 Å². The van der Waals surface area contributed by atoms with Crippen LogP contribution in [-0.4, -0.2) is 63.3 Å². The number of hydrogen-bond acceptors (Lipinski definition) is 4. The van der Waals surface area contributed by atoms with E-state index in [1.165, 1.54) is 38.8 Å². The highest BCUT2D eigenvalue weighted by Crippen LogP contribution is 2.20. The standard InChI is InChI=1S/C13H30N4/c1-15-7-11-17(12-14)8-3-4-13-5-9-16(2)10-6-13/h13,15H,3-12,14H2,1-2H3. The highest BCUT2D eigenvalue weighted by atomic mass is 15.2. The molecule has 0 amide bonds. The van der Waals surface area contributed by atoms with Crippen LogP contribution >= 0.6 is 0 Å². The van der Waals surface area contributed by atoms with Crippen LogP contribution in [0, 0.1) is 5.92 Å². The molecular weight excluding hydrogens is 212 g/mol. The summed E-state index contributed by atoms with van der Waals surface area (Å²) >= 11 is 0. The zero-order valence-electron chi connectivity index (χ0n) is 11.6. The van der Waals surface area contributed by atoms with Gasteiger partial charge in [-0.15, -0.1) is 0 Å². The summed E-state index contributed by atoms with van der Waals surface area (Å²) in [5.41, 5.74) is 5.74. The molecule has 0 saturated carbocycles. The summed E-state index contributed by atoms with van der Waals surface area (Å²) < 4.78 is 0. The third-order valence-electron chi connectivity index (χ3n) is 3.86. The van der Waals surface area contributed by atoms with E-state index in [4.69, 9.17) is 5.73 Å². The molecule has 1 aliphatic rings. The number of likely N-dealkylation sites (tertiary alicyclic amines) is 1. The summed E-state index contributed by atoms with van der Waals surface area (Å²) in [5.74, 6) is 0.954. The van der Waals surface area contributed by atoms with Gasteiger partial charge in [0.05, 0.1) is 0 Å². The SMILES string of the molecule is CNCCN(CN)CCCC1CCN(C)CC1. The van der Waals surface area contributed by atoms with Gasteiger partial charge in [0.25, 0.3) is 0 Å². The molecule has 1 saturated heterocycles. The summed E-state index contributed by atoms with van der Waals surface area (Å²) in [4.78, 5) is 4.78. The van der Waals surface area contributed by atoms with E-state index in [0.29, 0.717) is 6.67 Å². The molecule has 0 aliphatic carbocycles. The maximum atomic E-state index is 5.74. The lowest BCUT2D eigenvalue weighted by atomic mass is 9.92. The van der Waals surface area contributed by atoms with Crippen molar-refractivity contribution >= 4 is 0 Å². The minimum Gasteiger partial charge on any atom is -0.318 e. The van der Waals surface area contributed by atoms with Crippen LogP contribution in [0.5, 0.6) is 0 Å². The Balaban J connectivity index is 2.05. The Kier molecular flexibility index (Phi) is 7.77. The molecule has 1 aliphatic heterocycles. The molecule has 1 rings (SSSR count). The predicted molar refractivity (Wildman–Crippen MR) is 74.0 cm³/mol. The molecule has 0 radical (unpaired) electrons.